The summed E-state index contributed by atoms with van der Waals surface area (Å²) in [4.78, 5) is 4.85. The zero-order chi connectivity index (χ0) is 35.5. The summed E-state index contributed by atoms with van der Waals surface area (Å²) in [6.45, 7) is 22.7. The van der Waals surface area contributed by atoms with E-state index in [1.807, 2.05) is 6.20 Å². The van der Waals surface area contributed by atoms with E-state index in [0.29, 0.717) is 23.7 Å². The van der Waals surface area contributed by atoms with Crippen LogP contribution in [0.25, 0.3) is 33.3 Å². The summed E-state index contributed by atoms with van der Waals surface area (Å²) in [7, 11) is 0. The monoisotopic (exact) mass is 664 g/mol. The zero-order valence-electron chi connectivity index (χ0n) is 31.5. The number of hydrogen-bond donors (Lipinski definition) is 0. The van der Waals surface area contributed by atoms with E-state index in [9.17, 15) is 0 Å². The Labute approximate surface area is 298 Å². The number of hydrogen-bond acceptors (Lipinski definition) is 3. The highest BCUT2D eigenvalue weighted by molar-refractivity contribution is 6.09. The lowest BCUT2D eigenvalue weighted by molar-refractivity contribution is 0.445. The van der Waals surface area contributed by atoms with Crippen LogP contribution in [0.1, 0.15) is 121 Å². The summed E-state index contributed by atoms with van der Waals surface area (Å²) >= 11 is 0. The lowest BCUT2D eigenvalue weighted by Crippen LogP contribution is -2.18. The lowest BCUT2D eigenvalue weighted by atomic mass is 9.74. The van der Waals surface area contributed by atoms with Gasteiger partial charge in [0.2, 0.25) is 0 Å². The third-order valence-corrected chi connectivity index (χ3v) is 10.7. The minimum Gasteiger partial charge on any atom is -0.457 e. The van der Waals surface area contributed by atoms with E-state index in [0.717, 1.165) is 46.2 Å². The van der Waals surface area contributed by atoms with E-state index >= 15 is 0 Å². The maximum atomic E-state index is 6.84. The van der Waals surface area contributed by atoms with Crippen LogP contribution in [0, 0.1) is 12.8 Å². The van der Waals surface area contributed by atoms with E-state index in [1.54, 1.807) is 0 Å². The molecule has 50 heavy (non-hydrogen) atoms. The minimum atomic E-state index is -0.0855. The maximum absolute atomic E-state index is 6.84. The minimum absolute atomic E-state index is 0.0855. The number of ether oxygens (including phenoxy) is 1. The second-order valence-corrected chi connectivity index (χ2v) is 16.1. The SMILES string of the molecule is CC1=CCCC(C)[C@H]1c1c(C)nn(-c2cc(Oc3ccc4c5ccccc5n(-c5cc(C(C)C)ccn5)c4c3)cc(C(C)(C)C)c2)c1C(C)C. The van der Waals surface area contributed by atoms with Crippen molar-refractivity contribution in [1.29, 1.82) is 0 Å². The van der Waals surface area contributed by atoms with E-state index < -0.39 is 0 Å². The highest BCUT2D eigenvalue weighted by Crippen LogP contribution is 2.44. The molecule has 0 aliphatic heterocycles. The molecular weight excluding hydrogens is 613 g/mol. The fraction of sp³-hybridized carbons (Fsp3) is 0.378. The van der Waals surface area contributed by atoms with Crippen LogP contribution in [0.3, 0.4) is 0 Å². The molecule has 1 aliphatic rings. The molecule has 7 rings (SSSR count). The molecule has 1 unspecified atom stereocenters. The highest BCUT2D eigenvalue weighted by atomic mass is 16.5. The van der Waals surface area contributed by atoms with Gasteiger partial charge in [-0.15, -0.1) is 0 Å². The molecule has 2 atom stereocenters. The number of allylic oxidation sites excluding steroid dienone is 2. The van der Waals surface area contributed by atoms with Crippen molar-refractivity contribution in [3.8, 4) is 23.0 Å². The summed E-state index contributed by atoms with van der Waals surface area (Å²) in [6, 6.07) is 26.0. The molecule has 3 aromatic heterocycles. The first-order valence-electron chi connectivity index (χ1n) is 18.4. The fourth-order valence-electron chi connectivity index (χ4n) is 8.03. The smallest absolute Gasteiger partial charge is 0.137 e. The number of benzene rings is 3. The number of aromatic nitrogens is 4. The van der Waals surface area contributed by atoms with Gasteiger partial charge in [-0.3, -0.25) is 4.57 Å². The first-order chi connectivity index (χ1) is 23.8. The van der Waals surface area contributed by atoms with Crippen LogP contribution in [0.5, 0.6) is 11.5 Å². The Morgan fingerprint density at radius 3 is 2.30 bits per heavy atom. The number of fused-ring (bicyclic) bond motifs is 3. The molecule has 0 N–H and O–H groups in total. The average molecular weight is 665 g/mol. The number of rotatable bonds is 7. The lowest BCUT2D eigenvalue weighted by Gasteiger charge is -2.30. The molecule has 3 aromatic carbocycles. The molecule has 0 saturated heterocycles. The Morgan fingerprint density at radius 1 is 0.820 bits per heavy atom. The summed E-state index contributed by atoms with van der Waals surface area (Å²) in [5, 5.41) is 7.65. The standard InChI is InChI=1S/C45H52N4O/c1-27(2)32-20-21-46-41(22-32)48-39-17-12-11-16-37(39)38-19-18-35(26-40(38)48)50-36-24-33(45(8,9)10)23-34(25-36)49-44(28(3)4)43(31(7)47-49)42-29(5)14-13-15-30(42)6/h11-12,14,16-28,30,42H,13,15H2,1-10H3/t30?,42-/m0/s1. The molecule has 0 bridgehead atoms. The van der Waals surface area contributed by atoms with Crippen LogP contribution >= 0.6 is 0 Å². The van der Waals surface area contributed by atoms with Crippen LogP contribution in [0.15, 0.2) is 90.6 Å². The highest BCUT2D eigenvalue weighted by Gasteiger charge is 2.32. The summed E-state index contributed by atoms with van der Waals surface area (Å²) in [5.74, 6) is 4.21. The molecule has 0 radical (unpaired) electrons. The van der Waals surface area contributed by atoms with E-state index in [1.165, 1.54) is 45.2 Å². The van der Waals surface area contributed by atoms with Crippen molar-refractivity contribution in [3.05, 3.63) is 119 Å². The molecule has 1 aliphatic carbocycles. The van der Waals surface area contributed by atoms with Crippen molar-refractivity contribution < 1.29 is 4.74 Å². The summed E-state index contributed by atoms with van der Waals surface area (Å²) in [6.07, 6.45) is 6.73. The largest absolute Gasteiger partial charge is 0.457 e. The Kier molecular flexibility index (Phi) is 8.74. The Hall–Kier alpha value is -4.64. The number of nitrogens with zero attached hydrogens (tertiary/aromatic N) is 4. The molecule has 5 nitrogen and oxygen atoms in total. The Morgan fingerprint density at radius 2 is 1.58 bits per heavy atom. The van der Waals surface area contributed by atoms with Gasteiger partial charge in [-0.25, -0.2) is 9.67 Å². The predicted molar refractivity (Wildman–Crippen MR) is 209 cm³/mol. The van der Waals surface area contributed by atoms with Gasteiger partial charge >= 0.3 is 0 Å². The topological polar surface area (TPSA) is 44.9 Å². The second kappa shape index (κ2) is 12.9. The van der Waals surface area contributed by atoms with Crippen molar-refractivity contribution >= 4 is 21.8 Å². The van der Waals surface area contributed by atoms with Crippen molar-refractivity contribution in [2.45, 2.75) is 105 Å². The van der Waals surface area contributed by atoms with Crippen molar-refractivity contribution in [3.63, 3.8) is 0 Å². The normalized spacial score (nSPS) is 16.9. The van der Waals surface area contributed by atoms with Crippen LogP contribution in [-0.2, 0) is 5.41 Å². The van der Waals surface area contributed by atoms with Gasteiger partial charge in [0.25, 0.3) is 0 Å². The maximum Gasteiger partial charge on any atom is 0.137 e. The van der Waals surface area contributed by atoms with Gasteiger partial charge in [-0.2, -0.15) is 5.10 Å². The van der Waals surface area contributed by atoms with Gasteiger partial charge in [0.15, 0.2) is 0 Å². The van der Waals surface area contributed by atoms with Gasteiger partial charge in [0, 0.05) is 40.6 Å². The number of pyridine rings is 1. The predicted octanol–water partition coefficient (Wildman–Crippen LogP) is 12.5. The summed E-state index contributed by atoms with van der Waals surface area (Å²) < 4.78 is 11.3. The molecule has 0 amide bonds. The third-order valence-electron chi connectivity index (χ3n) is 10.7. The van der Waals surface area contributed by atoms with Gasteiger partial charge in [0.05, 0.1) is 28.1 Å². The Balaban J connectivity index is 1.37. The first kappa shape index (κ1) is 33.8. The van der Waals surface area contributed by atoms with Crippen molar-refractivity contribution in [1.82, 2.24) is 19.3 Å². The molecule has 3 heterocycles. The summed E-state index contributed by atoms with van der Waals surface area (Å²) in [5.41, 5.74) is 10.9. The van der Waals surface area contributed by atoms with Crippen LogP contribution in [-0.4, -0.2) is 19.3 Å². The van der Waals surface area contributed by atoms with E-state index in [4.69, 9.17) is 14.8 Å². The van der Waals surface area contributed by atoms with Crippen molar-refractivity contribution in [2.75, 3.05) is 0 Å². The van der Waals surface area contributed by atoms with E-state index in [-0.39, 0.29) is 5.41 Å². The molecular formula is C45H52N4O. The van der Waals surface area contributed by atoms with Crippen LogP contribution < -0.4 is 4.74 Å². The quantitative estimate of drug-likeness (QED) is 0.160. The molecule has 5 heteroatoms. The molecule has 0 spiro atoms. The molecule has 0 saturated carbocycles. The third kappa shape index (κ3) is 6.05. The second-order valence-electron chi connectivity index (χ2n) is 16.1. The Bertz CT molecular complexity index is 2240. The van der Waals surface area contributed by atoms with Gasteiger partial charge < -0.3 is 4.74 Å². The number of aryl methyl sites for hydroxylation is 1. The van der Waals surface area contributed by atoms with Gasteiger partial charge in [0.1, 0.15) is 17.3 Å². The average Bonchev–Trinajstić information content (AvgIpc) is 3.59. The van der Waals surface area contributed by atoms with Gasteiger partial charge in [-0.1, -0.05) is 85.2 Å². The van der Waals surface area contributed by atoms with Gasteiger partial charge in [-0.05, 0) is 103 Å². The first-order valence-corrected chi connectivity index (χ1v) is 18.4. The molecule has 258 valence electrons. The number of para-hydroxylation sites is 1. The zero-order valence-corrected chi connectivity index (χ0v) is 31.5. The van der Waals surface area contributed by atoms with Crippen LogP contribution in [0.2, 0.25) is 0 Å². The van der Waals surface area contributed by atoms with Crippen molar-refractivity contribution in [2.24, 2.45) is 5.92 Å². The van der Waals surface area contributed by atoms with Crippen LogP contribution in [0.4, 0.5) is 0 Å². The molecule has 0 fully saturated rings. The molecule has 6 aromatic rings. The fourth-order valence-corrected chi connectivity index (χ4v) is 8.03. The van der Waals surface area contributed by atoms with E-state index in [2.05, 4.69) is 157 Å².